The van der Waals surface area contributed by atoms with Crippen molar-refractivity contribution in [3.8, 4) is 0 Å². The summed E-state index contributed by atoms with van der Waals surface area (Å²) in [6.07, 6.45) is 2.74. The first-order chi connectivity index (χ1) is 9.64. The summed E-state index contributed by atoms with van der Waals surface area (Å²) in [5.74, 6) is 1.11. The first-order valence-corrected chi connectivity index (χ1v) is 7.44. The molecule has 1 N–H and O–H groups in total. The Labute approximate surface area is 126 Å². The zero-order chi connectivity index (χ0) is 13.7. The van der Waals surface area contributed by atoms with Crippen LogP contribution in [0.3, 0.4) is 0 Å². The number of hydrogen-bond donors (Lipinski definition) is 1. The molecule has 5 nitrogen and oxygen atoms in total. The maximum absolute atomic E-state index is 6.10. The number of pyridine rings is 1. The Morgan fingerprint density at radius 1 is 1.45 bits per heavy atom. The number of ether oxygens (including phenoxy) is 1. The molecule has 3 aliphatic heterocycles. The van der Waals surface area contributed by atoms with Crippen LogP contribution in [0.15, 0.2) is 17.3 Å². The van der Waals surface area contributed by atoms with Gasteiger partial charge in [-0.15, -0.1) is 0 Å². The highest BCUT2D eigenvalue weighted by molar-refractivity contribution is 6.36. The van der Waals surface area contributed by atoms with E-state index in [9.17, 15) is 0 Å². The molecular formula is C13H14Cl2N4O. The van der Waals surface area contributed by atoms with Crippen molar-refractivity contribution in [3.63, 3.8) is 0 Å². The maximum atomic E-state index is 6.10. The van der Waals surface area contributed by atoms with E-state index < -0.39 is 0 Å². The van der Waals surface area contributed by atoms with Gasteiger partial charge >= 0.3 is 0 Å². The summed E-state index contributed by atoms with van der Waals surface area (Å²) in [6.45, 7) is 3.99. The number of aromatic nitrogens is 1. The molecule has 1 aromatic heterocycles. The fourth-order valence-corrected chi connectivity index (χ4v) is 3.77. The van der Waals surface area contributed by atoms with Gasteiger partial charge < -0.3 is 4.74 Å². The average Bonchev–Trinajstić information content (AvgIpc) is 3.09. The summed E-state index contributed by atoms with van der Waals surface area (Å²) in [7, 11) is 0. The van der Waals surface area contributed by atoms with Crippen LogP contribution in [0.4, 0.5) is 5.82 Å². The highest BCUT2D eigenvalue weighted by Crippen LogP contribution is 2.41. The molecule has 0 radical (unpaired) electrons. The van der Waals surface area contributed by atoms with Crippen molar-refractivity contribution in [1.29, 1.82) is 0 Å². The van der Waals surface area contributed by atoms with Gasteiger partial charge in [0.25, 0.3) is 6.02 Å². The SMILES string of the molecule is Clc1cnc(NC2=NC[C@@]3(CN4CC[C@H]3C4)O2)c(Cl)c1. The first kappa shape index (κ1) is 12.7. The van der Waals surface area contributed by atoms with Gasteiger partial charge in [0.05, 0.1) is 16.6 Å². The van der Waals surface area contributed by atoms with E-state index in [1.165, 1.54) is 13.0 Å². The Bertz CT molecular complexity index is 594. The lowest BCUT2D eigenvalue weighted by atomic mass is 9.88. The number of rotatable bonds is 1. The standard InChI is InChI=1S/C13H14Cl2N4O/c14-9-3-10(15)11(16-4-9)18-12-17-6-13(20-12)7-19-2-1-8(13)5-19/h3-4,8H,1-2,5-7H2,(H,16,17,18)/t8-,13-/m0/s1. The van der Waals surface area contributed by atoms with Gasteiger partial charge in [0.2, 0.25) is 0 Å². The largest absolute Gasteiger partial charge is 0.455 e. The molecule has 2 fully saturated rings. The Kier molecular flexibility index (Phi) is 2.84. The van der Waals surface area contributed by atoms with E-state index >= 15 is 0 Å². The molecule has 2 bridgehead atoms. The molecule has 0 amide bonds. The number of nitrogens with one attached hydrogen (secondary N) is 1. The van der Waals surface area contributed by atoms with Gasteiger partial charge in [0, 0.05) is 25.2 Å². The van der Waals surface area contributed by atoms with E-state index in [-0.39, 0.29) is 5.60 Å². The van der Waals surface area contributed by atoms with Crippen LogP contribution in [0.1, 0.15) is 6.42 Å². The molecule has 20 heavy (non-hydrogen) atoms. The van der Waals surface area contributed by atoms with Gasteiger partial charge in [-0.25, -0.2) is 9.98 Å². The average molecular weight is 313 g/mol. The van der Waals surface area contributed by atoms with Crippen molar-refractivity contribution >= 4 is 35.0 Å². The molecule has 1 aromatic rings. The number of fused-ring (bicyclic) bond motifs is 3. The molecule has 4 heterocycles. The second-order valence-electron chi connectivity index (χ2n) is 5.62. The lowest BCUT2D eigenvalue weighted by Gasteiger charge is -2.32. The molecule has 106 valence electrons. The van der Waals surface area contributed by atoms with Crippen molar-refractivity contribution < 1.29 is 4.74 Å². The monoisotopic (exact) mass is 312 g/mol. The maximum Gasteiger partial charge on any atom is 0.291 e. The van der Waals surface area contributed by atoms with Crippen LogP contribution in [-0.4, -0.2) is 47.7 Å². The summed E-state index contributed by atoms with van der Waals surface area (Å²) in [5.41, 5.74) is -0.139. The van der Waals surface area contributed by atoms with Crippen LogP contribution in [0.25, 0.3) is 0 Å². The Balaban J connectivity index is 1.49. The van der Waals surface area contributed by atoms with E-state index in [0.29, 0.717) is 34.3 Å². The molecule has 4 rings (SSSR count). The number of amidine groups is 1. The van der Waals surface area contributed by atoms with Gasteiger partial charge in [0.15, 0.2) is 5.82 Å². The summed E-state index contributed by atoms with van der Waals surface area (Å²) < 4.78 is 6.10. The predicted molar refractivity (Wildman–Crippen MR) is 78.5 cm³/mol. The van der Waals surface area contributed by atoms with Crippen LogP contribution >= 0.6 is 23.2 Å². The minimum Gasteiger partial charge on any atom is -0.455 e. The van der Waals surface area contributed by atoms with Gasteiger partial charge in [-0.3, -0.25) is 10.2 Å². The van der Waals surface area contributed by atoms with Crippen LogP contribution < -0.4 is 5.32 Å². The van der Waals surface area contributed by atoms with Crippen LogP contribution in [0.5, 0.6) is 0 Å². The van der Waals surface area contributed by atoms with E-state index in [0.717, 1.165) is 13.1 Å². The highest BCUT2D eigenvalue weighted by atomic mass is 35.5. The molecule has 0 saturated carbocycles. The fourth-order valence-electron chi connectivity index (χ4n) is 3.34. The zero-order valence-electron chi connectivity index (χ0n) is 10.8. The van der Waals surface area contributed by atoms with Crippen molar-refractivity contribution in [2.45, 2.75) is 12.0 Å². The second-order valence-corrected chi connectivity index (χ2v) is 6.46. The number of piperidine rings is 1. The smallest absolute Gasteiger partial charge is 0.291 e. The van der Waals surface area contributed by atoms with E-state index in [4.69, 9.17) is 27.9 Å². The molecule has 0 aliphatic carbocycles. The lowest BCUT2D eigenvalue weighted by Crippen LogP contribution is -2.46. The van der Waals surface area contributed by atoms with Crippen LogP contribution in [-0.2, 0) is 4.74 Å². The van der Waals surface area contributed by atoms with Crippen molar-refractivity contribution in [2.24, 2.45) is 10.9 Å². The summed E-state index contributed by atoms with van der Waals surface area (Å²) in [5, 5.41) is 4.02. The second kappa shape index (κ2) is 4.48. The molecule has 3 aliphatic rings. The van der Waals surface area contributed by atoms with Gasteiger partial charge in [0.1, 0.15) is 5.60 Å². The molecular weight excluding hydrogens is 299 g/mol. The summed E-state index contributed by atoms with van der Waals surface area (Å²) in [4.78, 5) is 11.1. The fraction of sp³-hybridized carbons (Fsp3) is 0.538. The van der Waals surface area contributed by atoms with Crippen molar-refractivity contribution in [1.82, 2.24) is 9.88 Å². The molecule has 2 saturated heterocycles. The Hall–Kier alpha value is -1.04. The molecule has 1 spiro atoms. The van der Waals surface area contributed by atoms with Gasteiger partial charge in [-0.2, -0.15) is 0 Å². The molecule has 0 aromatic carbocycles. The van der Waals surface area contributed by atoms with Crippen LogP contribution in [0.2, 0.25) is 10.0 Å². The lowest BCUT2D eigenvalue weighted by molar-refractivity contribution is 0.0364. The molecule has 3 atom stereocenters. The first-order valence-electron chi connectivity index (χ1n) is 6.68. The van der Waals surface area contributed by atoms with Crippen molar-refractivity contribution in [2.75, 3.05) is 31.5 Å². The third-order valence-corrected chi connectivity index (χ3v) is 4.83. The van der Waals surface area contributed by atoms with E-state index in [2.05, 4.69) is 20.2 Å². The van der Waals surface area contributed by atoms with E-state index in [1.54, 1.807) is 12.3 Å². The molecule has 7 heteroatoms. The third kappa shape index (κ3) is 1.96. The number of halogens is 2. The quantitative estimate of drug-likeness (QED) is 0.864. The topological polar surface area (TPSA) is 49.8 Å². The summed E-state index contributed by atoms with van der Waals surface area (Å²) >= 11 is 11.9. The normalized spacial score (nSPS) is 34.4. The highest BCUT2D eigenvalue weighted by Gasteiger charge is 2.54. The predicted octanol–water partition coefficient (Wildman–Crippen LogP) is 2.26. The number of aliphatic imine (C=N–C) groups is 1. The Morgan fingerprint density at radius 2 is 2.35 bits per heavy atom. The Morgan fingerprint density at radius 3 is 3.05 bits per heavy atom. The number of anilines is 1. The van der Waals surface area contributed by atoms with Gasteiger partial charge in [-0.05, 0) is 19.0 Å². The van der Waals surface area contributed by atoms with E-state index in [1.807, 2.05) is 0 Å². The minimum absolute atomic E-state index is 0.139. The third-order valence-electron chi connectivity index (χ3n) is 4.33. The van der Waals surface area contributed by atoms with Crippen molar-refractivity contribution in [3.05, 3.63) is 22.3 Å². The number of nitrogens with zero attached hydrogens (tertiary/aromatic N) is 3. The number of hydrogen-bond acceptors (Lipinski definition) is 5. The summed E-state index contributed by atoms with van der Waals surface area (Å²) in [6, 6.07) is 2.16. The molecule has 1 unspecified atom stereocenters. The van der Waals surface area contributed by atoms with Gasteiger partial charge in [-0.1, -0.05) is 23.2 Å². The minimum atomic E-state index is -0.139. The van der Waals surface area contributed by atoms with Crippen LogP contribution in [0, 0.1) is 5.92 Å². The zero-order valence-corrected chi connectivity index (χ0v) is 12.3.